The minimum Gasteiger partial charge on any atom is -0.496 e. The Morgan fingerprint density at radius 2 is 1.87 bits per heavy atom. The summed E-state index contributed by atoms with van der Waals surface area (Å²) in [5, 5.41) is 19.0. The molecule has 4 amide bonds. The number of amides is 4. The summed E-state index contributed by atoms with van der Waals surface area (Å²) >= 11 is 5.93. The Morgan fingerprint density at radius 1 is 1.13 bits per heavy atom. The number of hydrogen-bond donors (Lipinski definition) is 0. The molecule has 2 aromatic rings. The van der Waals surface area contributed by atoms with Gasteiger partial charge in [-0.15, -0.1) is 5.11 Å². The Bertz CT molecular complexity index is 1090. The van der Waals surface area contributed by atoms with Gasteiger partial charge in [0.15, 0.2) is 5.69 Å². The maximum atomic E-state index is 12.9. The highest BCUT2D eigenvalue weighted by atomic mass is 35.5. The maximum Gasteiger partial charge on any atom is 0.337 e. The first kappa shape index (κ1) is 20.9. The molecule has 0 unspecified atom stereocenters. The lowest BCUT2D eigenvalue weighted by molar-refractivity contribution is -0.384. The molecule has 1 saturated heterocycles. The number of carbonyl (C=O) groups is 3. The topological polar surface area (TPSA) is 135 Å². The number of anilines is 1. The molecule has 154 valence electrons. The molecule has 0 saturated carbocycles. The molecule has 3 rings (SSSR count). The van der Waals surface area contributed by atoms with Gasteiger partial charge in [0, 0.05) is 12.1 Å². The standard InChI is InChI=1S/C18H14ClN5O6/c1-22-16(25)15(17(26)23(18(22)27)11-5-3-4-10(19)8-11)21-20-13-7-6-12(30-2)9-14(13)24(28)29/h3-9,15H,1-2H3/t15-/m1/s1. The molecule has 0 bridgehead atoms. The van der Waals surface area contributed by atoms with Gasteiger partial charge in [-0.3, -0.25) is 24.6 Å². The summed E-state index contributed by atoms with van der Waals surface area (Å²) in [4.78, 5) is 49.8. The molecule has 1 fully saturated rings. The summed E-state index contributed by atoms with van der Waals surface area (Å²) in [6.45, 7) is 0. The van der Waals surface area contributed by atoms with Gasteiger partial charge in [0.25, 0.3) is 17.5 Å². The van der Waals surface area contributed by atoms with Crippen LogP contribution in [0.1, 0.15) is 0 Å². The Hall–Kier alpha value is -3.86. The van der Waals surface area contributed by atoms with E-state index in [2.05, 4.69) is 10.2 Å². The highest BCUT2D eigenvalue weighted by molar-refractivity contribution is 6.32. The molecule has 1 aliphatic rings. The van der Waals surface area contributed by atoms with Crippen LogP contribution in [0.2, 0.25) is 5.02 Å². The minimum atomic E-state index is -1.70. The van der Waals surface area contributed by atoms with Crippen molar-refractivity contribution in [1.82, 2.24) is 4.90 Å². The van der Waals surface area contributed by atoms with Gasteiger partial charge in [-0.05, 0) is 30.3 Å². The van der Waals surface area contributed by atoms with E-state index in [1.807, 2.05) is 0 Å². The number of imide groups is 2. The number of urea groups is 1. The number of ether oxygens (including phenoxy) is 1. The van der Waals surface area contributed by atoms with Gasteiger partial charge < -0.3 is 4.74 Å². The van der Waals surface area contributed by atoms with Crippen molar-refractivity contribution in [2.24, 2.45) is 10.2 Å². The Morgan fingerprint density at radius 3 is 2.50 bits per heavy atom. The van der Waals surface area contributed by atoms with Crippen molar-refractivity contribution in [2.45, 2.75) is 6.04 Å². The zero-order valence-corrected chi connectivity index (χ0v) is 16.4. The predicted octanol–water partition coefficient (Wildman–Crippen LogP) is 3.33. The third-order valence-electron chi connectivity index (χ3n) is 4.22. The van der Waals surface area contributed by atoms with Gasteiger partial charge in [-0.25, -0.2) is 9.69 Å². The number of methoxy groups -OCH3 is 1. The lowest BCUT2D eigenvalue weighted by Gasteiger charge is -2.32. The second kappa shape index (κ2) is 8.25. The Kier molecular flexibility index (Phi) is 5.74. The van der Waals surface area contributed by atoms with Crippen molar-refractivity contribution in [3.63, 3.8) is 0 Å². The smallest absolute Gasteiger partial charge is 0.337 e. The molecule has 2 aromatic carbocycles. The third-order valence-corrected chi connectivity index (χ3v) is 4.46. The van der Waals surface area contributed by atoms with E-state index in [-0.39, 0.29) is 22.1 Å². The second-order valence-corrected chi connectivity index (χ2v) is 6.50. The molecule has 12 heteroatoms. The van der Waals surface area contributed by atoms with E-state index in [0.717, 1.165) is 11.0 Å². The average Bonchev–Trinajstić information content (AvgIpc) is 2.72. The van der Waals surface area contributed by atoms with Crippen LogP contribution < -0.4 is 9.64 Å². The number of nitro benzene ring substituents is 1. The van der Waals surface area contributed by atoms with E-state index in [1.165, 1.54) is 44.5 Å². The first-order chi connectivity index (χ1) is 14.2. The number of barbiturate groups is 1. The molecular weight excluding hydrogens is 418 g/mol. The van der Waals surface area contributed by atoms with E-state index in [0.29, 0.717) is 4.90 Å². The number of nitrogens with zero attached hydrogens (tertiary/aromatic N) is 5. The fourth-order valence-corrected chi connectivity index (χ4v) is 2.87. The summed E-state index contributed by atoms with van der Waals surface area (Å²) < 4.78 is 4.94. The van der Waals surface area contributed by atoms with Gasteiger partial charge in [0.2, 0.25) is 6.04 Å². The lowest BCUT2D eigenvalue weighted by atomic mass is 10.1. The molecule has 0 aliphatic carbocycles. The van der Waals surface area contributed by atoms with Crippen LogP contribution in [-0.2, 0) is 9.59 Å². The SMILES string of the molecule is COc1ccc(N=N[C@@H]2C(=O)N(C)C(=O)N(c3cccc(Cl)c3)C2=O)c([N+](=O)[O-])c1. The van der Waals surface area contributed by atoms with Crippen LogP contribution in [0.15, 0.2) is 52.7 Å². The van der Waals surface area contributed by atoms with Crippen LogP contribution in [0.5, 0.6) is 5.75 Å². The average molecular weight is 432 g/mol. The lowest BCUT2D eigenvalue weighted by Crippen LogP contribution is -2.60. The highest BCUT2D eigenvalue weighted by Crippen LogP contribution is 2.32. The number of rotatable bonds is 5. The third kappa shape index (κ3) is 3.82. The van der Waals surface area contributed by atoms with Crippen LogP contribution in [0.25, 0.3) is 0 Å². The normalized spacial score (nSPS) is 17.0. The number of benzene rings is 2. The minimum absolute atomic E-state index is 0.146. The zero-order chi connectivity index (χ0) is 22.0. The molecule has 0 radical (unpaired) electrons. The number of halogens is 1. The van der Waals surface area contributed by atoms with Crippen molar-refractivity contribution >= 4 is 46.5 Å². The van der Waals surface area contributed by atoms with Gasteiger partial charge in [-0.1, -0.05) is 17.7 Å². The van der Waals surface area contributed by atoms with E-state index in [4.69, 9.17) is 16.3 Å². The number of hydrogen-bond acceptors (Lipinski definition) is 8. The van der Waals surface area contributed by atoms with Gasteiger partial charge in [0.05, 0.1) is 23.8 Å². The Labute approximate surface area is 174 Å². The summed E-state index contributed by atoms with van der Waals surface area (Å²) in [7, 11) is 2.53. The predicted molar refractivity (Wildman–Crippen MR) is 105 cm³/mol. The van der Waals surface area contributed by atoms with Crippen molar-refractivity contribution in [3.05, 3.63) is 57.6 Å². The van der Waals surface area contributed by atoms with E-state index >= 15 is 0 Å². The summed E-state index contributed by atoms with van der Waals surface area (Å²) in [6.07, 6.45) is 0. The van der Waals surface area contributed by atoms with Crippen molar-refractivity contribution < 1.29 is 24.0 Å². The van der Waals surface area contributed by atoms with Gasteiger partial charge >= 0.3 is 6.03 Å². The van der Waals surface area contributed by atoms with Crippen LogP contribution in [0.3, 0.4) is 0 Å². The molecule has 1 atom stereocenters. The monoisotopic (exact) mass is 431 g/mol. The number of likely N-dealkylation sites (N-methyl/N-ethyl adjacent to an activating group) is 1. The zero-order valence-electron chi connectivity index (χ0n) is 15.7. The van der Waals surface area contributed by atoms with E-state index in [9.17, 15) is 24.5 Å². The Balaban J connectivity index is 1.99. The van der Waals surface area contributed by atoms with Crippen molar-refractivity contribution in [2.75, 3.05) is 19.1 Å². The van der Waals surface area contributed by atoms with Crippen LogP contribution in [-0.4, -0.2) is 47.9 Å². The maximum absolute atomic E-state index is 12.9. The van der Waals surface area contributed by atoms with Gasteiger partial charge in [-0.2, -0.15) is 5.11 Å². The summed E-state index contributed by atoms with van der Waals surface area (Å²) in [5.74, 6) is -1.64. The first-order valence-corrected chi connectivity index (χ1v) is 8.76. The van der Waals surface area contributed by atoms with Gasteiger partial charge in [0.1, 0.15) is 5.75 Å². The number of carbonyl (C=O) groups excluding carboxylic acids is 3. The fourth-order valence-electron chi connectivity index (χ4n) is 2.68. The molecule has 1 heterocycles. The van der Waals surface area contributed by atoms with Crippen LogP contribution in [0, 0.1) is 10.1 Å². The molecule has 30 heavy (non-hydrogen) atoms. The molecule has 0 spiro atoms. The summed E-state index contributed by atoms with van der Waals surface area (Å²) in [5.41, 5.74) is -0.465. The molecule has 0 N–H and O–H groups in total. The molecule has 0 aromatic heterocycles. The summed E-state index contributed by atoms with van der Waals surface area (Å²) in [6, 6.07) is 7.17. The number of nitro groups is 1. The largest absolute Gasteiger partial charge is 0.496 e. The quantitative estimate of drug-likeness (QED) is 0.308. The van der Waals surface area contributed by atoms with E-state index in [1.54, 1.807) is 6.07 Å². The molecule has 11 nitrogen and oxygen atoms in total. The van der Waals surface area contributed by atoms with Crippen LogP contribution in [0.4, 0.5) is 21.9 Å². The second-order valence-electron chi connectivity index (χ2n) is 6.06. The van der Waals surface area contributed by atoms with Crippen LogP contribution >= 0.6 is 11.6 Å². The fraction of sp³-hybridized carbons (Fsp3) is 0.167. The van der Waals surface area contributed by atoms with Crippen molar-refractivity contribution in [3.8, 4) is 5.75 Å². The molecule has 1 aliphatic heterocycles. The molecular formula is C18H14ClN5O6. The highest BCUT2D eigenvalue weighted by Gasteiger charge is 2.45. The van der Waals surface area contributed by atoms with E-state index < -0.39 is 34.5 Å². The number of azo groups is 1. The van der Waals surface area contributed by atoms with Crippen molar-refractivity contribution in [1.29, 1.82) is 0 Å². The first-order valence-electron chi connectivity index (χ1n) is 8.39.